The van der Waals surface area contributed by atoms with Gasteiger partial charge in [-0.3, -0.25) is 0 Å². The molecule has 2 aromatic heterocycles. The van der Waals surface area contributed by atoms with Crippen LogP contribution in [0.5, 0.6) is 0 Å². The SMILES string of the molecule is c1ccc(-c2cccc(-c3ccc(-n4c5cccc(-c6cccc(-c7nc(-c8ccccc8)nc(-c8ccccc8)n7)c6)c5c5c(-c6ccccc6)c(-c6ccccc6)c(-c6ccccc6)c(-c6ccccc6)c54)cc3)c2)cc1. The standard InChI is InChI=1S/C75H50N4/c1-8-25-51(26-9-1)59-39-22-40-60(49-59)52-45-47-63(48-46-52)79-65-44-24-43-64(61-41-23-42-62(50-61)75-77-73(57-35-18-6-19-36-57)76-74(78-75)58-37-20-7-21-38-58)70(65)71-68(55-31-14-4-15-32-55)66(53-27-10-2-11-28-53)67(54-29-12-3-13-30-54)69(72(71)79)56-33-16-5-17-34-56/h1-50H. The van der Waals surface area contributed by atoms with Crippen molar-refractivity contribution >= 4 is 21.8 Å². The van der Waals surface area contributed by atoms with E-state index < -0.39 is 0 Å². The zero-order valence-electron chi connectivity index (χ0n) is 43.2. The van der Waals surface area contributed by atoms with Crippen molar-refractivity contribution in [1.82, 2.24) is 19.5 Å². The van der Waals surface area contributed by atoms with Gasteiger partial charge in [-0.2, -0.15) is 0 Å². The summed E-state index contributed by atoms with van der Waals surface area (Å²) < 4.78 is 2.53. The molecule has 14 rings (SSSR count). The summed E-state index contributed by atoms with van der Waals surface area (Å²) in [5, 5.41) is 2.31. The zero-order valence-corrected chi connectivity index (χ0v) is 43.2. The Morgan fingerprint density at radius 3 is 1.05 bits per heavy atom. The van der Waals surface area contributed by atoms with E-state index in [1.54, 1.807) is 0 Å². The molecule has 0 saturated heterocycles. The lowest BCUT2D eigenvalue weighted by Crippen LogP contribution is -2.00. The molecule has 0 bridgehead atoms. The van der Waals surface area contributed by atoms with E-state index in [-0.39, 0.29) is 0 Å². The Kier molecular flexibility index (Phi) is 12.2. The monoisotopic (exact) mass is 1010 g/mol. The zero-order chi connectivity index (χ0) is 52.5. The van der Waals surface area contributed by atoms with Crippen molar-refractivity contribution < 1.29 is 0 Å². The second-order valence-electron chi connectivity index (χ2n) is 19.8. The number of aromatic nitrogens is 4. The summed E-state index contributed by atoms with van der Waals surface area (Å²) in [5.74, 6) is 1.85. The van der Waals surface area contributed by atoms with Crippen LogP contribution in [-0.2, 0) is 0 Å². The van der Waals surface area contributed by atoms with Crippen molar-refractivity contribution in [1.29, 1.82) is 0 Å². The van der Waals surface area contributed by atoms with Crippen LogP contribution < -0.4 is 0 Å². The lowest BCUT2D eigenvalue weighted by atomic mass is 9.79. The Labute approximate surface area is 460 Å². The van der Waals surface area contributed by atoms with Crippen LogP contribution in [-0.4, -0.2) is 19.5 Å². The summed E-state index contributed by atoms with van der Waals surface area (Å²) in [4.78, 5) is 15.4. The van der Waals surface area contributed by atoms with E-state index in [9.17, 15) is 0 Å². The maximum atomic E-state index is 5.20. The number of benzene rings is 12. The number of nitrogens with zero attached hydrogens (tertiary/aromatic N) is 4. The first kappa shape index (κ1) is 46.9. The van der Waals surface area contributed by atoms with E-state index in [4.69, 9.17) is 15.0 Å². The van der Waals surface area contributed by atoms with Crippen LogP contribution in [0, 0.1) is 0 Å². The average molecular weight is 1010 g/mol. The molecule has 0 amide bonds. The predicted molar refractivity (Wildman–Crippen MR) is 329 cm³/mol. The summed E-state index contributed by atoms with van der Waals surface area (Å²) in [7, 11) is 0. The van der Waals surface area contributed by atoms with Crippen molar-refractivity contribution in [2.45, 2.75) is 0 Å². The normalized spacial score (nSPS) is 11.3. The second-order valence-corrected chi connectivity index (χ2v) is 19.8. The Morgan fingerprint density at radius 1 is 0.215 bits per heavy atom. The molecule has 4 heteroatoms. The smallest absolute Gasteiger partial charge is 0.164 e. The number of fused-ring (bicyclic) bond motifs is 3. The van der Waals surface area contributed by atoms with Gasteiger partial charge in [0.25, 0.3) is 0 Å². The highest BCUT2D eigenvalue weighted by atomic mass is 15.0. The summed E-state index contributed by atoms with van der Waals surface area (Å²) in [6.07, 6.45) is 0. The van der Waals surface area contributed by atoms with Gasteiger partial charge in [0.15, 0.2) is 17.5 Å². The minimum atomic E-state index is 0.605. The topological polar surface area (TPSA) is 43.6 Å². The molecule has 4 nitrogen and oxygen atoms in total. The molecule has 0 fully saturated rings. The van der Waals surface area contributed by atoms with Gasteiger partial charge in [0, 0.05) is 49.8 Å². The highest BCUT2D eigenvalue weighted by Gasteiger charge is 2.30. The van der Waals surface area contributed by atoms with Crippen LogP contribution in [0.3, 0.4) is 0 Å². The molecule has 79 heavy (non-hydrogen) atoms. The van der Waals surface area contributed by atoms with Gasteiger partial charge in [-0.05, 0) is 91.5 Å². The average Bonchev–Trinajstić information content (AvgIpc) is 3.93. The van der Waals surface area contributed by atoms with Crippen LogP contribution in [0.15, 0.2) is 303 Å². The lowest BCUT2D eigenvalue weighted by Gasteiger charge is -2.24. The molecule has 0 N–H and O–H groups in total. The van der Waals surface area contributed by atoms with Crippen LogP contribution in [0.25, 0.3) is 140 Å². The molecule has 0 atom stereocenters. The van der Waals surface area contributed by atoms with E-state index in [2.05, 4.69) is 271 Å². The van der Waals surface area contributed by atoms with E-state index in [0.29, 0.717) is 17.5 Å². The lowest BCUT2D eigenvalue weighted by molar-refractivity contribution is 1.07. The molecule has 14 aromatic rings. The van der Waals surface area contributed by atoms with Gasteiger partial charge in [-0.1, -0.05) is 273 Å². The molecule has 0 radical (unpaired) electrons. The molecule has 370 valence electrons. The third kappa shape index (κ3) is 8.78. The van der Waals surface area contributed by atoms with Crippen molar-refractivity contribution in [3.63, 3.8) is 0 Å². The number of hydrogen-bond donors (Lipinski definition) is 0. The molecule has 0 unspecified atom stereocenters. The fraction of sp³-hybridized carbons (Fsp3) is 0. The maximum Gasteiger partial charge on any atom is 0.164 e. The minimum Gasteiger partial charge on any atom is -0.309 e. The van der Waals surface area contributed by atoms with Gasteiger partial charge >= 0.3 is 0 Å². The summed E-state index contributed by atoms with van der Waals surface area (Å²) in [6.45, 7) is 0. The molecule has 0 spiro atoms. The Morgan fingerprint density at radius 2 is 0.557 bits per heavy atom. The first-order valence-electron chi connectivity index (χ1n) is 26.8. The van der Waals surface area contributed by atoms with E-state index >= 15 is 0 Å². The number of rotatable bonds is 11. The Balaban J connectivity index is 1.10. The van der Waals surface area contributed by atoms with Gasteiger partial charge in [0.05, 0.1) is 11.0 Å². The first-order chi connectivity index (χ1) is 39.2. The molecular weight excluding hydrogens is 957 g/mol. The molecule has 0 aliphatic rings. The van der Waals surface area contributed by atoms with E-state index in [0.717, 1.165) is 94.3 Å². The van der Waals surface area contributed by atoms with Crippen LogP contribution in [0.4, 0.5) is 0 Å². The Hall–Kier alpha value is -10.6. The predicted octanol–water partition coefficient (Wildman–Crippen LogP) is 19.6. The van der Waals surface area contributed by atoms with Gasteiger partial charge < -0.3 is 4.57 Å². The third-order valence-electron chi connectivity index (χ3n) is 15.0. The van der Waals surface area contributed by atoms with Crippen LogP contribution >= 0.6 is 0 Å². The molecule has 0 aliphatic heterocycles. The van der Waals surface area contributed by atoms with Crippen LogP contribution in [0.1, 0.15) is 0 Å². The largest absolute Gasteiger partial charge is 0.309 e. The molecule has 0 aliphatic carbocycles. The fourth-order valence-electron chi connectivity index (χ4n) is 11.5. The summed E-state index contributed by atoms with van der Waals surface area (Å²) in [5.41, 5.74) is 22.1. The first-order valence-corrected chi connectivity index (χ1v) is 26.8. The second kappa shape index (κ2) is 20.5. The highest BCUT2D eigenvalue weighted by Crippen LogP contribution is 2.55. The molecular formula is C75H50N4. The van der Waals surface area contributed by atoms with Crippen molar-refractivity contribution in [3.05, 3.63) is 303 Å². The van der Waals surface area contributed by atoms with Crippen LogP contribution in [0.2, 0.25) is 0 Å². The van der Waals surface area contributed by atoms with E-state index in [1.807, 2.05) is 36.4 Å². The fourth-order valence-corrected chi connectivity index (χ4v) is 11.5. The Bertz CT molecular complexity index is 4410. The maximum absolute atomic E-state index is 5.20. The van der Waals surface area contributed by atoms with Crippen molar-refractivity contribution in [3.8, 4) is 118 Å². The molecule has 2 heterocycles. The van der Waals surface area contributed by atoms with Gasteiger partial charge in [0.1, 0.15) is 0 Å². The third-order valence-corrected chi connectivity index (χ3v) is 15.0. The van der Waals surface area contributed by atoms with Gasteiger partial charge in [0.2, 0.25) is 0 Å². The van der Waals surface area contributed by atoms with Crippen molar-refractivity contribution in [2.75, 3.05) is 0 Å². The summed E-state index contributed by atoms with van der Waals surface area (Å²) >= 11 is 0. The van der Waals surface area contributed by atoms with Gasteiger partial charge in [-0.15, -0.1) is 0 Å². The highest BCUT2D eigenvalue weighted by molar-refractivity contribution is 6.29. The number of hydrogen-bond acceptors (Lipinski definition) is 3. The summed E-state index contributed by atoms with van der Waals surface area (Å²) in [6, 6.07) is 108. The quantitative estimate of drug-likeness (QED) is 0.130. The minimum absolute atomic E-state index is 0.605. The molecule has 12 aromatic carbocycles. The molecule has 0 saturated carbocycles. The van der Waals surface area contributed by atoms with Crippen molar-refractivity contribution in [2.24, 2.45) is 0 Å². The van der Waals surface area contributed by atoms with Gasteiger partial charge in [-0.25, -0.2) is 15.0 Å². The van der Waals surface area contributed by atoms with E-state index in [1.165, 1.54) is 27.8 Å².